The number of nitrogens with zero attached hydrogens (tertiary/aromatic N) is 4. The van der Waals surface area contributed by atoms with Gasteiger partial charge in [-0.2, -0.15) is 0 Å². The van der Waals surface area contributed by atoms with E-state index in [1.54, 1.807) is 19.1 Å². The number of fused-ring (bicyclic) bond motifs is 1. The highest BCUT2D eigenvalue weighted by molar-refractivity contribution is 6.23. The fraction of sp³-hybridized carbons (Fsp3) is 0.316. The smallest absolute Gasteiger partial charge is 0.262 e. The summed E-state index contributed by atoms with van der Waals surface area (Å²) in [6.07, 6.45) is 3.45. The highest BCUT2D eigenvalue weighted by Gasteiger charge is 2.45. The third-order valence-electron chi connectivity index (χ3n) is 9.75. The minimum atomic E-state index is -0.992. The molecular weight excluding hydrogens is 638 g/mol. The predicted molar refractivity (Wildman–Crippen MR) is 182 cm³/mol. The standard InChI is InChI=1S/C38H37N5O7/c1-22(44)34-39-19-29(20-40-34)50-28-11-6-24(7-12-28)38(2,3)23-4-9-27(10-5-23)49-21-26-16-17-42(26)25-8-13-30-31(18-25)37(48)43(36(30)47)32-14-15-33(45)41-35(32)46/h4-13,18-20,22,26,32,44H,14-17,21H2,1-3H3,(H,41,45,46)/t22?,26-,32?/m0/s1. The Bertz CT molecular complexity index is 1960. The molecule has 1 aromatic heterocycles. The monoisotopic (exact) mass is 675 g/mol. The summed E-state index contributed by atoms with van der Waals surface area (Å²) >= 11 is 0. The van der Waals surface area contributed by atoms with E-state index in [2.05, 4.69) is 46.2 Å². The second kappa shape index (κ2) is 13.0. The molecule has 0 aliphatic carbocycles. The quantitative estimate of drug-likeness (QED) is 0.226. The molecule has 2 saturated heterocycles. The lowest BCUT2D eigenvalue weighted by Gasteiger charge is -2.42. The molecule has 4 aromatic rings. The molecule has 3 aliphatic heterocycles. The molecule has 0 bridgehead atoms. The molecular formula is C38H37N5O7. The molecule has 3 atom stereocenters. The molecule has 256 valence electrons. The van der Waals surface area contributed by atoms with Crippen molar-refractivity contribution in [1.82, 2.24) is 20.2 Å². The van der Waals surface area contributed by atoms with Gasteiger partial charge in [-0.1, -0.05) is 38.1 Å². The Morgan fingerprint density at radius 3 is 2.10 bits per heavy atom. The Balaban J connectivity index is 0.955. The summed E-state index contributed by atoms with van der Waals surface area (Å²) < 4.78 is 12.1. The zero-order valence-electron chi connectivity index (χ0n) is 28.0. The molecule has 12 nitrogen and oxygen atoms in total. The van der Waals surface area contributed by atoms with Gasteiger partial charge in [0.1, 0.15) is 30.3 Å². The zero-order valence-corrected chi connectivity index (χ0v) is 28.0. The first-order chi connectivity index (χ1) is 24.0. The van der Waals surface area contributed by atoms with E-state index in [4.69, 9.17) is 9.47 Å². The Labute approximate surface area is 289 Å². The first-order valence-electron chi connectivity index (χ1n) is 16.6. The maximum Gasteiger partial charge on any atom is 0.262 e. The fourth-order valence-electron chi connectivity index (χ4n) is 6.59. The van der Waals surface area contributed by atoms with Crippen molar-refractivity contribution in [3.63, 3.8) is 0 Å². The van der Waals surface area contributed by atoms with Crippen LogP contribution in [-0.2, 0) is 15.0 Å². The number of benzene rings is 3. The molecule has 50 heavy (non-hydrogen) atoms. The average molecular weight is 676 g/mol. The number of hydrogen-bond acceptors (Lipinski definition) is 10. The molecule has 0 radical (unpaired) electrons. The highest BCUT2D eigenvalue weighted by Crippen LogP contribution is 2.36. The van der Waals surface area contributed by atoms with Crippen LogP contribution in [0.25, 0.3) is 0 Å². The van der Waals surface area contributed by atoms with Gasteiger partial charge in [-0.15, -0.1) is 0 Å². The van der Waals surface area contributed by atoms with Crippen molar-refractivity contribution < 1.29 is 33.8 Å². The number of imide groups is 2. The molecule has 7 rings (SSSR count). The number of anilines is 1. The van der Waals surface area contributed by atoms with E-state index in [1.165, 1.54) is 12.4 Å². The van der Waals surface area contributed by atoms with Crippen LogP contribution in [0.1, 0.15) is 83.8 Å². The number of hydrogen-bond donors (Lipinski definition) is 2. The van der Waals surface area contributed by atoms with Crippen molar-refractivity contribution >= 4 is 29.3 Å². The molecule has 0 saturated carbocycles. The fourth-order valence-corrected chi connectivity index (χ4v) is 6.59. The molecule has 3 aliphatic rings. The molecule has 0 spiro atoms. The van der Waals surface area contributed by atoms with E-state index < -0.39 is 35.8 Å². The van der Waals surface area contributed by atoms with Gasteiger partial charge in [-0.05, 0) is 73.4 Å². The maximum atomic E-state index is 13.3. The van der Waals surface area contributed by atoms with Gasteiger partial charge >= 0.3 is 0 Å². The summed E-state index contributed by atoms with van der Waals surface area (Å²) in [5.41, 5.74) is 3.28. The number of aliphatic hydroxyl groups excluding tert-OH is 1. The van der Waals surface area contributed by atoms with Gasteiger partial charge in [0.05, 0.1) is 29.6 Å². The third-order valence-corrected chi connectivity index (χ3v) is 9.75. The van der Waals surface area contributed by atoms with Crippen LogP contribution in [-0.4, -0.2) is 68.8 Å². The molecule has 4 amide bonds. The van der Waals surface area contributed by atoms with Crippen LogP contribution in [0.15, 0.2) is 79.1 Å². The van der Waals surface area contributed by atoms with Gasteiger partial charge in [0, 0.05) is 24.1 Å². The van der Waals surface area contributed by atoms with E-state index in [0.29, 0.717) is 23.9 Å². The van der Waals surface area contributed by atoms with Crippen LogP contribution in [0.3, 0.4) is 0 Å². The lowest BCUT2D eigenvalue weighted by molar-refractivity contribution is -0.136. The highest BCUT2D eigenvalue weighted by atomic mass is 16.5. The number of carbonyl (C=O) groups excluding carboxylic acids is 4. The number of aromatic nitrogens is 2. The van der Waals surface area contributed by atoms with Gasteiger partial charge in [0.15, 0.2) is 11.6 Å². The van der Waals surface area contributed by atoms with E-state index in [0.717, 1.165) is 40.4 Å². The van der Waals surface area contributed by atoms with Crippen molar-refractivity contribution in [2.45, 2.75) is 63.6 Å². The van der Waals surface area contributed by atoms with Crippen molar-refractivity contribution in [3.8, 4) is 17.2 Å². The van der Waals surface area contributed by atoms with Crippen LogP contribution >= 0.6 is 0 Å². The first-order valence-corrected chi connectivity index (χ1v) is 16.6. The lowest BCUT2D eigenvalue weighted by atomic mass is 9.78. The van der Waals surface area contributed by atoms with Crippen LogP contribution in [0.2, 0.25) is 0 Å². The Kier molecular flexibility index (Phi) is 8.56. The third kappa shape index (κ3) is 6.18. The molecule has 3 aromatic carbocycles. The molecule has 2 N–H and O–H groups in total. The van der Waals surface area contributed by atoms with Gasteiger partial charge in [-0.25, -0.2) is 9.97 Å². The zero-order chi connectivity index (χ0) is 35.2. The van der Waals surface area contributed by atoms with E-state index in [9.17, 15) is 24.3 Å². The van der Waals surface area contributed by atoms with Gasteiger partial charge in [-0.3, -0.25) is 29.4 Å². The summed E-state index contributed by atoms with van der Waals surface area (Å²) in [5, 5.41) is 11.8. The topological polar surface area (TPSA) is 151 Å². The summed E-state index contributed by atoms with van der Waals surface area (Å²) in [7, 11) is 0. The van der Waals surface area contributed by atoms with Crippen LogP contribution < -0.4 is 19.7 Å². The number of rotatable bonds is 10. The number of piperidine rings is 1. The summed E-state index contributed by atoms with van der Waals surface area (Å²) in [4.78, 5) is 61.7. The number of carbonyl (C=O) groups is 4. The maximum absolute atomic E-state index is 13.3. The number of nitrogens with one attached hydrogen (secondary N) is 1. The Morgan fingerprint density at radius 1 is 0.860 bits per heavy atom. The molecule has 12 heteroatoms. The van der Waals surface area contributed by atoms with Gasteiger partial charge in [0.2, 0.25) is 11.8 Å². The SMILES string of the molecule is CC(O)c1ncc(Oc2ccc(C(C)(C)c3ccc(OC[C@@H]4CCN4c4ccc5c(c4)C(=O)N(C4CCC(=O)NC4=O)C5=O)cc3)cc2)cn1. The van der Waals surface area contributed by atoms with E-state index >= 15 is 0 Å². The van der Waals surface area contributed by atoms with Gasteiger partial charge in [0.25, 0.3) is 11.8 Å². The van der Waals surface area contributed by atoms with Crippen LogP contribution in [0, 0.1) is 0 Å². The Morgan fingerprint density at radius 2 is 1.50 bits per heavy atom. The van der Waals surface area contributed by atoms with Crippen LogP contribution in [0.4, 0.5) is 5.69 Å². The second-order valence-corrected chi connectivity index (χ2v) is 13.4. The Hall–Kier alpha value is -5.62. The summed E-state index contributed by atoms with van der Waals surface area (Å²) in [6, 6.07) is 20.2. The molecule has 4 heterocycles. The summed E-state index contributed by atoms with van der Waals surface area (Å²) in [5.74, 6) is 0.169. The lowest BCUT2D eigenvalue weighted by Crippen LogP contribution is -2.54. The minimum absolute atomic E-state index is 0.0786. The van der Waals surface area contributed by atoms with Crippen molar-refractivity contribution in [1.29, 1.82) is 0 Å². The predicted octanol–water partition coefficient (Wildman–Crippen LogP) is 4.71. The average Bonchev–Trinajstić information content (AvgIpc) is 3.33. The van der Waals surface area contributed by atoms with Gasteiger partial charge < -0.3 is 19.5 Å². The largest absolute Gasteiger partial charge is 0.491 e. The number of ether oxygens (including phenoxy) is 2. The first kappa shape index (κ1) is 32.9. The van der Waals surface area contributed by atoms with E-state index in [-0.39, 0.29) is 35.4 Å². The van der Waals surface area contributed by atoms with Crippen molar-refractivity contribution in [2.24, 2.45) is 0 Å². The number of amides is 4. The van der Waals surface area contributed by atoms with Crippen molar-refractivity contribution in [3.05, 3.63) is 107 Å². The second-order valence-electron chi connectivity index (χ2n) is 13.4. The molecule has 2 unspecified atom stereocenters. The van der Waals surface area contributed by atoms with Crippen LogP contribution in [0.5, 0.6) is 17.2 Å². The normalized spacial score (nSPS) is 19.5. The minimum Gasteiger partial charge on any atom is -0.491 e. The van der Waals surface area contributed by atoms with Crippen molar-refractivity contribution in [2.75, 3.05) is 18.1 Å². The summed E-state index contributed by atoms with van der Waals surface area (Å²) in [6.45, 7) is 7.16. The molecule has 2 fully saturated rings. The van der Waals surface area contributed by atoms with E-state index in [1.807, 2.05) is 42.5 Å². The number of aliphatic hydroxyl groups is 1.